The summed E-state index contributed by atoms with van der Waals surface area (Å²) < 4.78 is 0. The van der Waals surface area contributed by atoms with E-state index in [2.05, 4.69) is 16.2 Å². The Morgan fingerprint density at radius 3 is 2.95 bits per heavy atom. The lowest BCUT2D eigenvalue weighted by Crippen LogP contribution is -2.13. The number of halogens is 1. The molecule has 0 atom stereocenters. The molecule has 19 heavy (non-hydrogen) atoms. The van der Waals surface area contributed by atoms with Gasteiger partial charge in [-0.1, -0.05) is 23.6 Å². The molecule has 0 unspecified atom stereocenters. The minimum Gasteiger partial charge on any atom is -0.397 e. The van der Waals surface area contributed by atoms with E-state index >= 15 is 0 Å². The molecule has 2 aromatic rings. The lowest BCUT2D eigenvalue weighted by Gasteiger charge is -2.07. The van der Waals surface area contributed by atoms with Crippen molar-refractivity contribution in [1.82, 2.24) is 4.98 Å². The van der Waals surface area contributed by atoms with Crippen molar-refractivity contribution in [3.63, 3.8) is 0 Å². The van der Waals surface area contributed by atoms with Crippen molar-refractivity contribution in [1.29, 1.82) is 0 Å². The Labute approximate surface area is 115 Å². The molecular formula is C14H10ClN3O. The van der Waals surface area contributed by atoms with Gasteiger partial charge in [0, 0.05) is 11.3 Å². The summed E-state index contributed by atoms with van der Waals surface area (Å²) in [5.41, 5.74) is 7.42. The lowest BCUT2D eigenvalue weighted by atomic mass is 10.2. The molecular weight excluding hydrogens is 262 g/mol. The van der Waals surface area contributed by atoms with Crippen LogP contribution in [0.15, 0.2) is 36.5 Å². The number of hydrogen-bond acceptors (Lipinski definition) is 3. The van der Waals surface area contributed by atoms with Gasteiger partial charge in [0.1, 0.15) is 5.15 Å². The third-order valence-electron chi connectivity index (χ3n) is 2.39. The van der Waals surface area contributed by atoms with Gasteiger partial charge >= 0.3 is 0 Å². The Bertz CT molecular complexity index is 677. The SMILES string of the molecule is C#Cc1cccc(NC(=O)c2cc(N)cnc2Cl)c1. The van der Waals surface area contributed by atoms with E-state index in [1.165, 1.54) is 12.3 Å². The van der Waals surface area contributed by atoms with E-state index in [0.29, 0.717) is 16.9 Å². The molecule has 3 N–H and O–H groups in total. The van der Waals surface area contributed by atoms with Crippen LogP contribution < -0.4 is 11.1 Å². The van der Waals surface area contributed by atoms with Gasteiger partial charge in [-0.05, 0) is 24.3 Å². The van der Waals surface area contributed by atoms with Gasteiger partial charge in [-0.25, -0.2) is 4.98 Å². The number of hydrogen-bond donors (Lipinski definition) is 2. The van der Waals surface area contributed by atoms with Crippen LogP contribution in [0.1, 0.15) is 15.9 Å². The molecule has 0 radical (unpaired) electrons. The quantitative estimate of drug-likeness (QED) is 0.651. The van der Waals surface area contributed by atoms with E-state index in [1.807, 2.05) is 0 Å². The number of anilines is 2. The van der Waals surface area contributed by atoms with E-state index < -0.39 is 0 Å². The predicted octanol–water partition coefficient (Wildman–Crippen LogP) is 2.55. The van der Waals surface area contributed by atoms with Crippen molar-refractivity contribution in [3.05, 3.63) is 52.8 Å². The summed E-state index contributed by atoms with van der Waals surface area (Å²) >= 11 is 5.86. The fourth-order valence-electron chi connectivity index (χ4n) is 1.51. The summed E-state index contributed by atoms with van der Waals surface area (Å²) in [6.45, 7) is 0. The number of amides is 1. The zero-order valence-electron chi connectivity index (χ0n) is 9.85. The fraction of sp³-hybridized carbons (Fsp3) is 0. The highest BCUT2D eigenvalue weighted by atomic mass is 35.5. The summed E-state index contributed by atoms with van der Waals surface area (Å²) in [5.74, 6) is 2.10. The van der Waals surface area contributed by atoms with Gasteiger partial charge in [0.2, 0.25) is 0 Å². The van der Waals surface area contributed by atoms with Crippen LogP contribution in [0, 0.1) is 12.3 Å². The minimum absolute atomic E-state index is 0.0970. The Morgan fingerprint density at radius 2 is 2.21 bits per heavy atom. The Balaban J connectivity index is 2.26. The maximum Gasteiger partial charge on any atom is 0.258 e. The van der Waals surface area contributed by atoms with Gasteiger partial charge in [0.05, 0.1) is 17.4 Å². The molecule has 0 saturated heterocycles. The fourth-order valence-corrected chi connectivity index (χ4v) is 1.70. The molecule has 0 fully saturated rings. The van der Waals surface area contributed by atoms with Crippen molar-refractivity contribution in [2.75, 3.05) is 11.1 Å². The number of nitrogen functional groups attached to an aromatic ring is 1. The van der Waals surface area contributed by atoms with Crippen molar-refractivity contribution in [2.24, 2.45) is 0 Å². The van der Waals surface area contributed by atoms with Gasteiger partial charge in [0.15, 0.2) is 0 Å². The van der Waals surface area contributed by atoms with Gasteiger partial charge in [0.25, 0.3) is 5.91 Å². The van der Waals surface area contributed by atoms with Crippen molar-refractivity contribution in [2.45, 2.75) is 0 Å². The third kappa shape index (κ3) is 3.03. The van der Waals surface area contributed by atoms with Gasteiger partial charge in [-0.15, -0.1) is 6.42 Å². The van der Waals surface area contributed by atoms with Crippen LogP contribution in [0.25, 0.3) is 0 Å². The molecule has 2 rings (SSSR count). The number of terminal acetylenes is 1. The molecule has 0 aliphatic carbocycles. The van der Waals surface area contributed by atoms with Crippen molar-refractivity contribution < 1.29 is 4.79 Å². The molecule has 0 bridgehead atoms. The molecule has 94 valence electrons. The smallest absolute Gasteiger partial charge is 0.258 e. The molecule has 1 amide bonds. The molecule has 0 aliphatic rings. The second-order valence-electron chi connectivity index (χ2n) is 3.79. The first kappa shape index (κ1) is 12.9. The molecule has 1 aromatic heterocycles. The molecule has 0 aliphatic heterocycles. The summed E-state index contributed by atoms with van der Waals surface area (Å²) in [4.78, 5) is 15.9. The molecule has 4 nitrogen and oxygen atoms in total. The maximum absolute atomic E-state index is 12.0. The van der Waals surface area contributed by atoms with E-state index in [-0.39, 0.29) is 16.6 Å². The standard InChI is InChI=1S/C14H10ClN3O/c1-2-9-4-3-5-11(6-9)18-14(19)12-7-10(16)8-17-13(12)15/h1,3-8H,16H2,(H,18,19). The van der Waals surface area contributed by atoms with Crippen LogP contribution in [-0.4, -0.2) is 10.9 Å². The summed E-state index contributed by atoms with van der Waals surface area (Å²) in [6.07, 6.45) is 6.68. The summed E-state index contributed by atoms with van der Waals surface area (Å²) in [6, 6.07) is 8.41. The van der Waals surface area contributed by atoms with E-state index in [1.54, 1.807) is 24.3 Å². The van der Waals surface area contributed by atoms with Crippen LogP contribution >= 0.6 is 11.6 Å². The number of aromatic nitrogens is 1. The van der Waals surface area contributed by atoms with Crippen LogP contribution in [0.2, 0.25) is 5.15 Å². The van der Waals surface area contributed by atoms with Crippen LogP contribution in [0.4, 0.5) is 11.4 Å². The lowest BCUT2D eigenvalue weighted by molar-refractivity contribution is 0.102. The van der Waals surface area contributed by atoms with Crippen molar-refractivity contribution in [3.8, 4) is 12.3 Å². The Hall–Kier alpha value is -2.51. The van der Waals surface area contributed by atoms with Crippen LogP contribution in [0.5, 0.6) is 0 Å². The molecule has 1 heterocycles. The van der Waals surface area contributed by atoms with E-state index in [4.69, 9.17) is 23.8 Å². The Morgan fingerprint density at radius 1 is 1.42 bits per heavy atom. The first-order valence-corrected chi connectivity index (χ1v) is 5.77. The number of carbonyl (C=O) groups is 1. The highest BCUT2D eigenvalue weighted by Crippen LogP contribution is 2.18. The zero-order chi connectivity index (χ0) is 13.8. The average Bonchev–Trinajstić information content (AvgIpc) is 2.41. The Kier molecular flexibility index (Phi) is 3.69. The number of benzene rings is 1. The molecule has 0 saturated carbocycles. The first-order chi connectivity index (χ1) is 9.10. The number of pyridine rings is 1. The van der Waals surface area contributed by atoms with Gasteiger partial charge in [-0.3, -0.25) is 4.79 Å². The molecule has 0 spiro atoms. The average molecular weight is 272 g/mol. The predicted molar refractivity (Wildman–Crippen MR) is 76.0 cm³/mol. The number of carbonyl (C=O) groups excluding carboxylic acids is 1. The number of nitrogens with zero attached hydrogens (tertiary/aromatic N) is 1. The number of rotatable bonds is 2. The van der Waals surface area contributed by atoms with E-state index in [9.17, 15) is 4.79 Å². The summed E-state index contributed by atoms with van der Waals surface area (Å²) in [5, 5.41) is 2.78. The second kappa shape index (κ2) is 5.42. The third-order valence-corrected chi connectivity index (χ3v) is 2.69. The molecule has 1 aromatic carbocycles. The van der Waals surface area contributed by atoms with Crippen LogP contribution in [0.3, 0.4) is 0 Å². The zero-order valence-corrected chi connectivity index (χ0v) is 10.6. The second-order valence-corrected chi connectivity index (χ2v) is 4.14. The van der Waals surface area contributed by atoms with Crippen LogP contribution in [-0.2, 0) is 0 Å². The largest absolute Gasteiger partial charge is 0.397 e. The number of nitrogens with two attached hydrogens (primary N) is 1. The highest BCUT2D eigenvalue weighted by Gasteiger charge is 2.12. The molecule has 5 heteroatoms. The normalized spacial score (nSPS) is 9.68. The maximum atomic E-state index is 12.0. The monoisotopic (exact) mass is 271 g/mol. The van der Waals surface area contributed by atoms with E-state index in [0.717, 1.165) is 0 Å². The summed E-state index contributed by atoms with van der Waals surface area (Å²) in [7, 11) is 0. The topological polar surface area (TPSA) is 68.0 Å². The van der Waals surface area contributed by atoms with Crippen molar-refractivity contribution >= 4 is 28.9 Å². The number of nitrogens with one attached hydrogen (secondary N) is 1. The van der Waals surface area contributed by atoms with Gasteiger partial charge in [-0.2, -0.15) is 0 Å². The first-order valence-electron chi connectivity index (χ1n) is 5.39. The van der Waals surface area contributed by atoms with Gasteiger partial charge < -0.3 is 11.1 Å². The minimum atomic E-state index is -0.390. The highest BCUT2D eigenvalue weighted by molar-refractivity contribution is 6.33.